The summed E-state index contributed by atoms with van der Waals surface area (Å²) in [5, 5.41) is 14.2. The van der Waals surface area contributed by atoms with E-state index in [1.54, 1.807) is 23.2 Å². The molecule has 9 nitrogen and oxygen atoms in total. The van der Waals surface area contributed by atoms with Gasteiger partial charge in [0, 0.05) is 12.6 Å². The van der Waals surface area contributed by atoms with Crippen LogP contribution in [0.2, 0.25) is 0 Å². The Labute approximate surface area is 194 Å². The lowest BCUT2D eigenvalue weighted by molar-refractivity contribution is -0.158. The predicted molar refractivity (Wildman–Crippen MR) is 125 cm³/mol. The van der Waals surface area contributed by atoms with Crippen molar-refractivity contribution in [3.05, 3.63) is 59.9 Å². The molecule has 0 aliphatic rings. The molecule has 1 heterocycles. The Hall–Kier alpha value is -3.33. The van der Waals surface area contributed by atoms with E-state index < -0.39 is 17.6 Å². The van der Waals surface area contributed by atoms with Crippen LogP contribution in [0.15, 0.2) is 48.8 Å². The Morgan fingerprint density at radius 2 is 1.88 bits per heavy atom. The van der Waals surface area contributed by atoms with Crippen molar-refractivity contribution in [3.8, 4) is 0 Å². The van der Waals surface area contributed by atoms with E-state index in [-0.39, 0.29) is 18.5 Å². The maximum absolute atomic E-state index is 12.3. The van der Waals surface area contributed by atoms with Crippen molar-refractivity contribution >= 4 is 18.0 Å². The van der Waals surface area contributed by atoms with E-state index in [2.05, 4.69) is 20.8 Å². The van der Waals surface area contributed by atoms with Gasteiger partial charge in [0.1, 0.15) is 24.6 Å². The Bertz CT molecular complexity index is 929. The minimum absolute atomic E-state index is 0.0546. The molecule has 0 fully saturated rings. The zero-order chi connectivity index (χ0) is 24.3. The van der Waals surface area contributed by atoms with Gasteiger partial charge in [0.25, 0.3) is 0 Å². The van der Waals surface area contributed by atoms with Crippen LogP contribution in [0.3, 0.4) is 0 Å². The van der Waals surface area contributed by atoms with Crippen LogP contribution in [-0.2, 0) is 25.6 Å². The molecule has 0 spiro atoms. The molecule has 0 saturated heterocycles. The van der Waals surface area contributed by atoms with Crippen LogP contribution in [0, 0.1) is 5.92 Å². The zero-order valence-corrected chi connectivity index (χ0v) is 19.9. The highest BCUT2D eigenvalue weighted by Crippen LogP contribution is 2.12. The monoisotopic (exact) mass is 455 g/mol. The molecule has 1 N–H and O–H groups in total. The molecule has 0 radical (unpaired) electrons. The predicted octanol–water partition coefficient (Wildman–Crippen LogP) is 2.79. The number of benzene rings is 1. The van der Waals surface area contributed by atoms with Crippen molar-refractivity contribution in [1.82, 2.24) is 25.5 Å². The maximum atomic E-state index is 12.3. The molecular weight excluding hydrogens is 422 g/mol. The first-order valence-electron chi connectivity index (χ1n) is 10.9. The van der Waals surface area contributed by atoms with Crippen LogP contribution < -0.4 is 5.32 Å². The normalized spacial score (nSPS) is 13.0. The van der Waals surface area contributed by atoms with E-state index in [9.17, 15) is 9.59 Å². The summed E-state index contributed by atoms with van der Waals surface area (Å²) < 4.78 is 12.3. The van der Waals surface area contributed by atoms with Gasteiger partial charge >= 0.3 is 11.9 Å². The molecule has 0 aliphatic carbocycles. The summed E-state index contributed by atoms with van der Waals surface area (Å²) in [6.07, 6.45) is 8.21. The minimum Gasteiger partial charge on any atom is -0.459 e. The number of ether oxygens (including phenoxy) is 2. The minimum atomic E-state index is -0.545. The number of carbonyl (C=O) groups excluding carboxylic acids is 2. The van der Waals surface area contributed by atoms with Gasteiger partial charge in [0.05, 0.1) is 6.54 Å². The average Bonchev–Trinajstić information content (AvgIpc) is 3.23. The molecule has 2 aromatic rings. The number of tetrazole rings is 1. The number of rotatable bonds is 11. The van der Waals surface area contributed by atoms with E-state index in [1.807, 2.05) is 65.0 Å². The number of aromatic nitrogens is 4. The summed E-state index contributed by atoms with van der Waals surface area (Å²) in [6.45, 7) is 10.5. The van der Waals surface area contributed by atoms with E-state index >= 15 is 0 Å². The number of hydrogen-bond acceptors (Lipinski definition) is 8. The summed E-state index contributed by atoms with van der Waals surface area (Å²) in [6, 6.07) is 7.47. The SMILES string of the molecule is CC(C)[C@H](NCC=CC(=O)OCC=Cc1ccc(Cn2cnnn2)cc1)C(=O)OC(C)(C)C. The third-order valence-corrected chi connectivity index (χ3v) is 4.38. The second-order valence-corrected chi connectivity index (χ2v) is 8.85. The third kappa shape index (κ3) is 10.2. The van der Waals surface area contributed by atoms with Crippen molar-refractivity contribution in [2.75, 3.05) is 13.2 Å². The second kappa shape index (κ2) is 12.6. The van der Waals surface area contributed by atoms with Gasteiger partial charge in [-0.1, -0.05) is 50.3 Å². The summed E-state index contributed by atoms with van der Waals surface area (Å²) in [4.78, 5) is 24.2. The highest BCUT2D eigenvalue weighted by molar-refractivity contribution is 5.82. The van der Waals surface area contributed by atoms with Crippen molar-refractivity contribution in [2.24, 2.45) is 5.92 Å². The van der Waals surface area contributed by atoms with Gasteiger partial charge in [-0.25, -0.2) is 9.48 Å². The first-order valence-corrected chi connectivity index (χ1v) is 10.9. The Morgan fingerprint density at radius 3 is 2.48 bits per heavy atom. The molecule has 1 aromatic heterocycles. The summed E-state index contributed by atoms with van der Waals surface area (Å²) >= 11 is 0. The van der Waals surface area contributed by atoms with E-state index in [0.29, 0.717) is 13.1 Å². The molecule has 0 aliphatic heterocycles. The smallest absolute Gasteiger partial charge is 0.330 e. The van der Waals surface area contributed by atoms with Crippen molar-refractivity contribution in [3.63, 3.8) is 0 Å². The van der Waals surface area contributed by atoms with Gasteiger partial charge in [-0.15, -0.1) is 5.10 Å². The Morgan fingerprint density at radius 1 is 1.15 bits per heavy atom. The van der Waals surface area contributed by atoms with Crippen molar-refractivity contribution in [2.45, 2.75) is 52.8 Å². The number of nitrogens with one attached hydrogen (secondary N) is 1. The van der Waals surface area contributed by atoms with Crippen LogP contribution in [0.5, 0.6) is 0 Å². The van der Waals surface area contributed by atoms with Crippen LogP contribution in [0.1, 0.15) is 45.7 Å². The second-order valence-electron chi connectivity index (χ2n) is 8.85. The van der Waals surface area contributed by atoms with Crippen molar-refractivity contribution in [1.29, 1.82) is 0 Å². The fourth-order valence-electron chi connectivity index (χ4n) is 2.84. The molecule has 0 amide bonds. The highest BCUT2D eigenvalue weighted by atomic mass is 16.6. The molecule has 0 unspecified atom stereocenters. The molecule has 9 heteroatoms. The fraction of sp³-hybridized carbons (Fsp3) is 0.458. The van der Waals surface area contributed by atoms with Gasteiger partial charge in [0.2, 0.25) is 0 Å². The highest BCUT2D eigenvalue weighted by Gasteiger charge is 2.26. The molecule has 0 bridgehead atoms. The molecule has 178 valence electrons. The number of nitrogens with zero attached hydrogens (tertiary/aromatic N) is 4. The molecule has 33 heavy (non-hydrogen) atoms. The van der Waals surface area contributed by atoms with E-state index in [0.717, 1.165) is 11.1 Å². The molecule has 1 aromatic carbocycles. The Balaban J connectivity index is 1.70. The fourth-order valence-corrected chi connectivity index (χ4v) is 2.84. The lowest BCUT2D eigenvalue weighted by Crippen LogP contribution is -2.44. The summed E-state index contributed by atoms with van der Waals surface area (Å²) in [5.74, 6) is -0.697. The van der Waals surface area contributed by atoms with Crippen LogP contribution in [0.4, 0.5) is 0 Å². The Kier molecular flexibility index (Phi) is 9.93. The third-order valence-electron chi connectivity index (χ3n) is 4.38. The van der Waals surface area contributed by atoms with Gasteiger partial charge in [0.15, 0.2) is 0 Å². The van der Waals surface area contributed by atoms with Crippen LogP contribution >= 0.6 is 0 Å². The van der Waals surface area contributed by atoms with Crippen molar-refractivity contribution < 1.29 is 19.1 Å². The van der Waals surface area contributed by atoms with E-state index in [4.69, 9.17) is 9.47 Å². The summed E-state index contributed by atoms with van der Waals surface area (Å²) in [7, 11) is 0. The number of carbonyl (C=O) groups is 2. The van der Waals surface area contributed by atoms with E-state index in [1.165, 1.54) is 6.08 Å². The van der Waals surface area contributed by atoms with Gasteiger partial charge < -0.3 is 14.8 Å². The lowest BCUT2D eigenvalue weighted by atomic mass is 10.0. The molecule has 0 saturated carbocycles. The number of hydrogen-bond donors (Lipinski definition) is 1. The first kappa shape index (κ1) is 25.9. The number of esters is 2. The van der Waals surface area contributed by atoms with Gasteiger partial charge in [-0.05, 0) is 54.3 Å². The van der Waals surface area contributed by atoms with Crippen LogP contribution in [-0.4, -0.2) is 56.9 Å². The maximum Gasteiger partial charge on any atom is 0.330 e. The zero-order valence-electron chi connectivity index (χ0n) is 19.9. The van der Waals surface area contributed by atoms with Gasteiger partial charge in [-0.2, -0.15) is 0 Å². The lowest BCUT2D eigenvalue weighted by Gasteiger charge is -2.26. The van der Waals surface area contributed by atoms with Gasteiger partial charge in [-0.3, -0.25) is 4.79 Å². The van der Waals surface area contributed by atoms with Crippen LogP contribution in [0.25, 0.3) is 6.08 Å². The topological polar surface area (TPSA) is 108 Å². The standard InChI is InChI=1S/C24H33N5O4/c1-18(2)22(23(31)33-24(3,4)5)25-14-6-9-21(30)32-15-7-8-19-10-12-20(13-11-19)16-29-17-26-27-28-29/h6-13,17-18,22,25H,14-16H2,1-5H3/t22-/m0/s1. The quantitative estimate of drug-likeness (QED) is 0.407. The largest absolute Gasteiger partial charge is 0.459 e. The molecular formula is C24H33N5O4. The summed E-state index contributed by atoms with van der Waals surface area (Å²) in [5.41, 5.74) is 1.53. The molecule has 2 rings (SSSR count). The molecule has 1 atom stereocenters. The first-order chi connectivity index (χ1) is 15.6. The average molecular weight is 456 g/mol.